The van der Waals surface area contributed by atoms with E-state index in [9.17, 15) is 4.39 Å². The molecule has 0 spiro atoms. The summed E-state index contributed by atoms with van der Waals surface area (Å²) in [6.07, 6.45) is 0.502. The number of hydrogen-bond acceptors (Lipinski definition) is 2. The van der Waals surface area contributed by atoms with Crippen LogP contribution in [0, 0.1) is 12.7 Å². The van der Waals surface area contributed by atoms with Crippen molar-refractivity contribution in [1.82, 2.24) is 0 Å². The molecule has 0 aliphatic heterocycles. The molecule has 0 saturated heterocycles. The van der Waals surface area contributed by atoms with Gasteiger partial charge in [-0.15, -0.1) is 0 Å². The Balaban J connectivity index is 2.21. The minimum atomic E-state index is -0.444. The summed E-state index contributed by atoms with van der Waals surface area (Å²) in [5.41, 5.74) is 8.01. The van der Waals surface area contributed by atoms with Gasteiger partial charge in [-0.05, 0) is 49.6 Å². The van der Waals surface area contributed by atoms with Crippen molar-refractivity contribution in [2.45, 2.75) is 25.8 Å². The Labute approximate surface area is 130 Å². The van der Waals surface area contributed by atoms with Crippen LogP contribution in [0.2, 0.25) is 5.02 Å². The SMILES string of the molecule is Cc1ccc(NC(C)(CN)Cc2ccccc2F)cc1Cl. The fourth-order valence-electron chi connectivity index (χ4n) is 2.25. The average Bonchev–Trinajstić information content (AvgIpc) is 2.45. The molecule has 0 amide bonds. The van der Waals surface area contributed by atoms with Crippen molar-refractivity contribution >= 4 is 17.3 Å². The summed E-state index contributed by atoms with van der Waals surface area (Å²) < 4.78 is 13.8. The molecule has 0 aliphatic carbocycles. The molecule has 2 rings (SSSR count). The molecular weight excluding hydrogens is 287 g/mol. The fraction of sp³-hybridized carbons (Fsp3) is 0.294. The highest BCUT2D eigenvalue weighted by molar-refractivity contribution is 6.31. The number of halogens is 2. The van der Waals surface area contributed by atoms with Crippen LogP contribution in [-0.4, -0.2) is 12.1 Å². The van der Waals surface area contributed by atoms with E-state index < -0.39 is 5.54 Å². The molecule has 0 saturated carbocycles. The summed E-state index contributed by atoms with van der Waals surface area (Å²) in [6, 6.07) is 12.5. The second kappa shape index (κ2) is 6.46. The first kappa shape index (κ1) is 15.8. The quantitative estimate of drug-likeness (QED) is 0.870. The van der Waals surface area contributed by atoms with Crippen molar-refractivity contribution in [3.8, 4) is 0 Å². The third-order valence-corrected chi connectivity index (χ3v) is 4.01. The lowest BCUT2D eigenvalue weighted by Gasteiger charge is -2.31. The van der Waals surface area contributed by atoms with Crippen LogP contribution in [0.4, 0.5) is 10.1 Å². The smallest absolute Gasteiger partial charge is 0.126 e. The molecule has 3 N–H and O–H groups in total. The largest absolute Gasteiger partial charge is 0.378 e. The van der Waals surface area contributed by atoms with Crippen LogP contribution >= 0.6 is 11.6 Å². The molecule has 1 atom stereocenters. The van der Waals surface area contributed by atoms with Crippen molar-refractivity contribution in [3.05, 3.63) is 64.4 Å². The van der Waals surface area contributed by atoms with Gasteiger partial charge in [-0.1, -0.05) is 35.9 Å². The molecule has 4 heteroatoms. The van der Waals surface area contributed by atoms with Gasteiger partial charge in [0.15, 0.2) is 0 Å². The van der Waals surface area contributed by atoms with Crippen molar-refractivity contribution in [2.24, 2.45) is 5.73 Å². The lowest BCUT2D eigenvalue weighted by molar-refractivity contribution is 0.502. The first-order valence-electron chi connectivity index (χ1n) is 6.91. The Morgan fingerprint density at radius 1 is 1.24 bits per heavy atom. The van der Waals surface area contributed by atoms with Gasteiger partial charge in [0.05, 0.1) is 5.54 Å². The van der Waals surface area contributed by atoms with Crippen molar-refractivity contribution in [3.63, 3.8) is 0 Å². The molecule has 1 unspecified atom stereocenters. The maximum absolute atomic E-state index is 13.8. The van der Waals surface area contributed by atoms with E-state index in [0.717, 1.165) is 11.3 Å². The summed E-state index contributed by atoms with van der Waals surface area (Å²) in [4.78, 5) is 0. The Bertz CT molecular complexity index is 630. The predicted octanol–water partition coefficient (Wildman–Crippen LogP) is 4.16. The van der Waals surface area contributed by atoms with E-state index in [1.165, 1.54) is 6.07 Å². The minimum absolute atomic E-state index is 0.207. The molecule has 0 radical (unpaired) electrons. The van der Waals surface area contributed by atoms with E-state index in [2.05, 4.69) is 5.32 Å². The van der Waals surface area contributed by atoms with Crippen molar-refractivity contribution in [1.29, 1.82) is 0 Å². The molecule has 0 fully saturated rings. The first-order valence-corrected chi connectivity index (χ1v) is 7.29. The highest BCUT2D eigenvalue weighted by Gasteiger charge is 2.24. The normalized spacial score (nSPS) is 13.8. The zero-order chi connectivity index (χ0) is 15.5. The minimum Gasteiger partial charge on any atom is -0.378 e. The molecule has 0 aromatic heterocycles. The highest BCUT2D eigenvalue weighted by Crippen LogP contribution is 2.25. The lowest BCUT2D eigenvalue weighted by atomic mass is 9.92. The van der Waals surface area contributed by atoms with Gasteiger partial charge < -0.3 is 11.1 Å². The third kappa shape index (κ3) is 3.96. The standard InChI is InChI=1S/C17H20ClFN2/c1-12-7-8-14(9-15(12)18)21-17(2,11-20)10-13-5-3-4-6-16(13)19/h3-9,21H,10-11,20H2,1-2H3. The average molecular weight is 307 g/mol. The van der Waals surface area contributed by atoms with E-state index in [4.69, 9.17) is 17.3 Å². The van der Waals surface area contributed by atoms with Gasteiger partial charge in [0.25, 0.3) is 0 Å². The van der Waals surface area contributed by atoms with Gasteiger partial charge in [-0.2, -0.15) is 0 Å². The summed E-state index contributed by atoms with van der Waals surface area (Å²) in [7, 11) is 0. The Morgan fingerprint density at radius 3 is 2.57 bits per heavy atom. The van der Waals surface area contributed by atoms with E-state index in [1.54, 1.807) is 12.1 Å². The second-order valence-electron chi connectivity index (χ2n) is 5.62. The van der Waals surface area contributed by atoms with E-state index in [1.807, 2.05) is 38.1 Å². The zero-order valence-corrected chi connectivity index (χ0v) is 13.0. The van der Waals surface area contributed by atoms with Gasteiger partial charge in [0.1, 0.15) is 5.82 Å². The van der Waals surface area contributed by atoms with Gasteiger partial charge in [-0.25, -0.2) is 4.39 Å². The Morgan fingerprint density at radius 2 is 1.95 bits per heavy atom. The highest BCUT2D eigenvalue weighted by atomic mass is 35.5. The third-order valence-electron chi connectivity index (χ3n) is 3.61. The van der Waals surface area contributed by atoms with E-state index in [-0.39, 0.29) is 5.82 Å². The first-order chi connectivity index (χ1) is 9.93. The molecule has 21 heavy (non-hydrogen) atoms. The second-order valence-corrected chi connectivity index (χ2v) is 6.03. The summed E-state index contributed by atoms with van der Waals surface area (Å²) in [5.74, 6) is -0.207. The summed E-state index contributed by atoms with van der Waals surface area (Å²) >= 11 is 6.14. The van der Waals surface area contributed by atoms with Crippen LogP contribution in [0.25, 0.3) is 0 Å². The molecule has 2 aromatic carbocycles. The molecule has 112 valence electrons. The van der Waals surface area contributed by atoms with Crippen LogP contribution in [0.5, 0.6) is 0 Å². The number of anilines is 1. The summed E-state index contributed by atoms with van der Waals surface area (Å²) in [5, 5.41) is 4.07. The van der Waals surface area contributed by atoms with E-state index >= 15 is 0 Å². The number of aryl methyl sites for hydroxylation is 1. The number of hydrogen-bond donors (Lipinski definition) is 2. The maximum Gasteiger partial charge on any atom is 0.126 e. The molecule has 0 bridgehead atoms. The number of rotatable bonds is 5. The lowest BCUT2D eigenvalue weighted by Crippen LogP contribution is -2.44. The predicted molar refractivity (Wildman–Crippen MR) is 87.4 cm³/mol. The van der Waals surface area contributed by atoms with Gasteiger partial charge in [0.2, 0.25) is 0 Å². The molecule has 2 nitrogen and oxygen atoms in total. The van der Waals surface area contributed by atoms with Gasteiger partial charge in [0, 0.05) is 17.3 Å². The zero-order valence-electron chi connectivity index (χ0n) is 12.3. The molecule has 0 heterocycles. The van der Waals surface area contributed by atoms with Gasteiger partial charge >= 0.3 is 0 Å². The topological polar surface area (TPSA) is 38.0 Å². The van der Waals surface area contributed by atoms with E-state index in [0.29, 0.717) is 23.6 Å². The van der Waals surface area contributed by atoms with Crippen LogP contribution in [0.15, 0.2) is 42.5 Å². The monoisotopic (exact) mass is 306 g/mol. The van der Waals surface area contributed by atoms with Crippen LogP contribution < -0.4 is 11.1 Å². The Kier molecular flexibility index (Phi) is 4.86. The van der Waals surface area contributed by atoms with Gasteiger partial charge in [-0.3, -0.25) is 0 Å². The van der Waals surface area contributed by atoms with Crippen molar-refractivity contribution in [2.75, 3.05) is 11.9 Å². The van der Waals surface area contributed by atoms with Crippen molar-refractivity contribution < 1.29 is 4.39 Å². The Hall–Kier alpha value is -1.58. The summed E-state index contributed by atoms with van der Waals surface area (Å²) in [6.45, 7) is 4.31. The van der Waals surface area contributed by atoms with Crippen LogP contribution in [0.3, 0.4) is 0 Å². The fourth-order valence-corrected chi connectivity index (χ4v) is 2.43. The maximum atomic E-state index is 13.8. The van der Waals surface area contributed by atoms with Crippen LogP contribution in [-0.2, 0) is 6.42 Å². The number of nitrogens with one attached hydrogen (secondary N) is 1. The number of nitrogens with two attached hydrogens (primary N) is 1. The molecular formula is C17H20ClFN2. The van der Waals surface area contributed by atoms with Crippen LogP contribution in [0.1, 0.15) is 18.1 Å². The molecule has 0 aliphatic rings. The number of benzene rings is 2. The molecule has 2 aromatic rings.